The zero-order valence-electron chi connectivity index (χ0n) is 16.1. The van der Waals surface area contributed by atoms with Gasteiger partial charge in [0.25, 0.3) is 0 Å². The Kier molecular flexibility index (Phi) is 7.62. The van der Waals surface area contributed by atoms with Crippen molar-refractivity contribution in [2.45, 2.75) is 11.3 Å². The quantitative estimate of drug-likeness (QED) is 0.446. The lowest BCUT2D eigenvalue weighted by Crippen LogP contribution is -2.31. The summed E-state index contributed by atoms with van der Waals surface area (Å²) in [5, 5.41) is 25.0. The van der Waals surface area contributed by atoms with E-state index in [1.165, 1.54) is 0 Å². The zero-order valence-corrected chi connectivity index (χ0v) is 17.6. The van der Waals surface area contributed by atoms with Crippen LogP contribution in [0.1, 0.15) is 17.5 Å². The molecule has 4 N–H and O–H groups in total. The van der Waals surface area contributed by atoms with Gasteiger partial charge in [-0.1, -0.05) is 48.0 Å². The predicted octanol–water partition coefficient (Wildman–Crippen LogP) is 4.27. The van der Waals surface area contributed by atoms with Gasteiger partial charge in [0.2, 0.25) is 0 Å². The van der Waals surface area contributed by atoms with E-state index in [-0.39, 0.29) is 19.1 Å². The first-order valence-electron chi connectivity index (χ1n) is 9.71. The smallest absolute Gasteiger partial charge is 0.101 e. The third-order valence-electron chi connectivity index (χ3n) is 5.06. The van der Waals surface area contributed by atoms with Crippen molar-refractivity contribution in [2.75, 3.05) is 31.6 Å². The van der Waals surface area contributed by atoms with E-state index in [4.69, 9.17) is 33.4 Å². The monoisotopic (exact) mass is 432 g/mol. The van der Waals surface area contributed by atoms with Crippen molar-refractivity contribution in [3.05, 3.63) is 88.6 Å². The average Bonchev–Trinajstić information content (AvgIpc) is 2.77. The van der Waals surface area contributed by atoms with E-state index >= 15 is 0 Å². The summed E-state index contributed by atoms with van der Waals surface area (Å²) in [4.78, 5) is -0.754. The van der Waals surface area contributed by atoms with Crippen LogP contribution in [0.5, 0.6) is 0 Å². The lowest BCUT2D eigenvalue weighted by molar-refractivity contribution is 0.297. The summed E-state index contributed by atoms with van der Waals surface area (Å²) >= 11 is 13.5. The fraction of sp³-hybridized carbons (Fsp3) is 0.304. The average molecular weight is 433 g/mol. The maximum Gasteiger partial charge on any atom is 0.101 e. The predicted molar refractivity (Wildman–Crippen MR) is 121 cm³/mol. The highest BCUT2D eigenvalue weighted by Gasteiger charge is 2.39. The molecule has 4 nitrogen and oxygen atoms in total. The van der Waals surface area contributed by atoms with Crippen molar-refractivity contribution in [1.29, 1.82) is 0 Å². The van der Waals surface area contributed by atoms with Gasteiger partial charge < -0.3 is 20.8 Å². The SMILES string of the molecule is OCCNC1=CCC(C(Cl)(c2ccc(Cl)cc2)c2ccc(NCCO)cc2)C=C1. The molecule has 2 aromatic rings. The Morgan fingerprint density at radius 1 is 0.897 bits per heavy atom. The molecule has 0 aliphatic heterocycles. The molecule has 0 radical (unpaired) electrons. The molecule has 154 valence electrons. The summed E-state index contributed by atoms with van der Waals surface area (Å²) in [5.41, 5.74) is 3.90. The highest BCUT2D eigenvalue weighted by Crippen LogP contribution is 2.47. The van der Waals surface area contributed by atoms with Crippen molar-refractivity contribution < 1.29 is 10.2 Å². The van der Waals surface area contributed by atoms with Crippen LogP contribution < -0.4 is 10.6 Å². The Hall–Kier alpha value is -1.98. The maximum absolute atomic E-state index is 9.01. The molecule has 1 aliphatic carbocycles. The first-order chi connectivity index (χ1) is 14.1. The second-order valence-electron chi connectivity index (χ2n) is 6.96. The number of hydrogen-bond acceptors (Lipinski definition) is 4. The Morgan fingerprint density at radius 3 is 2.03 bits per heavy atom. The van der Waals surface area contributed by atoms with Crippen LogP contribution >= 0.6 is 23.2 Å². The van der Waals surface area contributed by atoms with E-state index in [0.29, 0.717) is 18.1 Å². The second-order valence-corrected chi connectivity index (χ2v) is 7.99. The number of benzene rings is 2. The second kappa shape index (κ2) is 10.2. The van der Waals surface area contributed by atoms with E-state index in [1.807, 2.05) is 54.6 Å². The summed E-state index contributed by atoms with van der Waals surface area (Å²) in [5.74, 6) is 0.0428. The molecule has 0 amide bonds. The van der Waals surface area contributed by atoms with Gasteiger partial charge in [-0.3, -0.25) is 0 Å². The summed E-state index contributed by atoms with van der Waals surface area (Å²) in [6.07, 6.45) is 7.03. The van der Waals surface area contributed by atoms with Gasteiger partial charge in [0.1, 0.15) is 4.87 Å². The van der Waals surface area contributed by atoms with E-state index in [0.717, 1.165) is 28.9 Å². The fourth-order valence-electron chi connectivity index (χ4n) is 3.56. The number of alkyl halides is 1. The zero-order chi connectivity index (χ0) is 20.7. The molecule has 2 atom stereocenters. The van der Waals surface area contributed by atoms with Gasteiger partial charge in [0, 0.05) is 35.4 Å². The lowest BCUT2D eigenvalue weighted by Gasteiger charge is -2.36. The van der Waals surface area contributed by atoms with Gasteiger partial charge in [-0.15, -0.1) is 11.6 Å². The number of nitrogens with one attached hydrogen (secondary N) is 2. The minimum Gasteiger partial charge on any atom is -0.395 e. The van der Waals surface area contributed by atoms with Crippen molar-refractivity contribution in [1.82, 2.24) is 5.32 Å². The molecule has 2 aromatic carbocycles. The van der Waals surface area contributed by atoms with Crippen LogP contribution in [0.3, 0.4) is 0 Å². The van der Waals surface area contributed by atoms with Crippen LogP contribution in [0.4, 0.5) is 5.69 Å². The Labute approximate surface area is 181 Å². The summed E-state index contributed by atoms with van der Waals surface area (Å²) in [6.45, 7) is 1.20. The number of aliphatic hydroxyl groups is 2. The van der Waals surface area contributed by atoms with E-state index in [1.54, 1.807) is 0 Å². The van der Waals surface area contributed by atoms with Crippen LogP contribution in [0, 0.1) is 5.92 Å². The number of anilines is 1. The van der Waals surface area contributed by atoms with E-state index < -0.39 is 4.87 Å². The summed E-state index contributed by atoms with van der Waals surface area (Å²) < 4.78 is 0. The minimum atomic E-state index is -0.754. The molecule has 0 fully saturated rings. The fourth-order valence-corrected chi connectivity index (χ4v) is 4.10. The van der Waals surface area contributed by atoms with Crippen LogP contribution in [-0.2, 0) is 4.87 Å². The van der Waals surface area contributed by atoms with Crippen LogP contribution in [0.2, 0.25) is 5.02 Å². The number of allylic oxidation sites excluding steroid dienone is 3. The molecule has 0 saturated heterocycles. The largest absolute Gasteiger partial charge is 0.395 e. The van der Waals surface area contributed by atoms with Crippen molar-refractivity contribution in [2.24, 2.45) is 5.92 Å². The van der Waals surface area contributed by atoms with Gasteiger partial charge in [-0.25, -0.2) is 0 Å². The van der Waals surface area contributed by atoms with Gasteiger partial charge in [-0.2, -0.15) is 0 Å². The van der Waals surface area contributed by atoms with Crippen molar-refractivity contribution in [3.8, 4) is 0 Å². The number of aliphatic hydroxyl groups excluding tert-OH is 2. The van der Waals surface area contributed by atoms with Crippen LogP contribution in [-0.4, -0.2) is 36.5 Å². The Morgan fingerprint density at radius 2 is 1.48 bits per heavy atom. The summed E-state index contributed by atoms with van der Waals surface area (Å²) in [6, 6.07) is 15.7. The first-order valence-corrected chi connectivity index (χ1v) is 10.5. The number of halogens is 2. The third-order valence-corrected chi connectivity index (χ3v) is 6.03. The first kappa shape index (κ1) is 21.7. The molecular formula is C23H26Cl2N2O2. The topological polar surface area (TPSA) is 64.5 Å². The van der Waals surface area contributed by atoms with Gasteiger partial charge in [0.05, 0.1) is 13.2 Å². The molecule has 3 rings (SSSR count). The Bertz CT molecular complexity index is 850. The lowest BCUT2D eigenvalue weighted by atomic mass is 9.76. The number of rotatable bonds is 9. The maximum atomic E-state index is 9.01. The molecule has 0 spiro atoms. The molecule has 2 unspecified atom stereocenters. The highest BCUT2D eigenvalue weighted by atomic mass is 35.5. The third kappa shape index (κ3) is 5.14. The van der Waals surface area contributed by atoms with Gasteiger partial charge in [0.15, 0.2) is 0 Å². The number of hydrogen-bond donors (Lipinski definition) is 4. The molecule has 0 bridgehead atoms. The van der Waals surface area contributed by atoms with Crippen molar-refractivity contribution in [3.63, 3.8) is 0 Å². The highest BCUT2D eigenvalue weighted by molar-refractivity contribution is 6.30. The molecule has 0 saturated carbocycles. The Balaban J connectivity index is 1.92. The van der Waals surface area contributed by atoms with Crippen LogP contribution in [0.15, 0.2) is 72.5 Å². The molecular weight excluding hydrogens is 407 g/mol. The molecule has 0 heterocycles. The van der Waals surface area contributed by atoms with Gasteiger partial charge >= 0.3 is 0 Å². The molecule has 1 aliphatic rings. The molecule has 29 heavy (non-hydrogen) atoms. The summed E-state index contributed by atoms with van der Waals surface area (Å²) in [7, 11) is 0. The standard InChI is InChI=1S/C23H26Cl2N2O2/c24-20-7-1-17(2-8-20)23(25,18-3-9-21(10-4-18)26-13-15-28)19-5-11-22(12-6-19)27-14-16-29/h1-5,7-12,19,26-29H,6,13-16H2. The van der Waals surface area contributed by atoms with Gasteiger partial charge in [-0.05, 0) is 47.9 Å². The normalized spacial score (nSPS) is 18.1. The van der Waals surface area contributed by atoms with Crippen LogP contribution in [0.25, 0.3) is 0 Å². The minimum absolute atomic E-state index is 0.0428. The van der Waals surface area contributed by atoms with E-state index in [2.05, 4.69) is 22.8 Å². The van der Waals surface area contributed by atoms with E-state index in [9.17, 15) is 0 Å². The van der Waals surface area contributed by atoms with Crippen molar-refractivity contribution >= 4 is 28.9 Å². The molecule has 0 aromatic heterocycles. The molecule has 6 heteroatoms.